The number of nitrogens with one attached hydrogen (secondary N) is 1. The highest BCUT2D eigenvalue weighted by Crippen LogP contribution is 2.21. The molecular formula is C17H25FN2O3. The molecule has 0 bridgehead atoms. The number of hydrogen-bond donors (Lipinski definition) is 2. The molecule has 1 aromatic rings. The van der Waals surface area contributed by atoms with Gasteiger partial charge < -0.3 is 20.1 Å². The maximum Gasteiger partial charge on any atom is 0.410 e. The van der Waals surface area contributed by atoms with Crippen LogP contribution in [0.15, 0.2) is 18.2 Å². The molecule has 0 spiro atoms. The molecule has 1 saturated heterocycles. The Morgan fingerprint density at radius 1 is 1.39 bits per heavy atom. The molecule has 1 heterocycles. The zero-order valence-electron chi connectivity index (χ0n) is 13.9. The highest BCUT2D eigenvalue weighted by atomic mass is 19.1. The second kappa shape index (κ2) is 7.17. The van der Waals surface area contributed by atoms with Crippen LogP contribution in [-0.2, 0) is 11.3 Å². The maximum atomic E-state index is 13.3. The third-order valence-electron chi connectivity index (χ3n) is 3.80. The second-order valence-electron chi connectivity index (χ2n) is 6.87. The van der Waals surface area contributed by atoms with Crippen molar-refractivity contribution >= 4 is 6.09 Å². The van der Waals surface area contributed by atoms with E-state index in [-0.39, 0.29) is 17.9 Å². The molecule has 0 aliphatic carbocycles. The number of amides is 1. The van der Waals surface area contributed by atoms with E-state index in [2.05, 4.69) is 5.32 Å². The van der Waals surface area contributed by atoms with E-state index < -0.39 is 11.4 Å². The minimum atomic E-state index is -0.607. The van der Waals surface area contributed by atoms with Crippen molar-refractivity contribution in [3.63, 3.8) is 0 Å². The summed E-state index contributed by atoms with van der Waals surface area (Å²) < 4.78 is 18.6. The van der Waals surface area contributed by atoms with Crippen molar-refractivity contribution < 1.29 is 19.0 Å². The lowest BCUT2D eigenvalue weighted by atomic mass is 10.0. The molecule has 6 heteroatoms. The highest BCUT2D eigenvalue weighted by Gasteiger charge is 2.26. The Morgan fingerprint density at radius 2 is 2.04 bits per heavy atom. The van der Waals surface area contributed by atoms with Gasteiger partial charge in [-0.15, -0.1) is 0 Å². The van der Waals surface area contributed by atoms with Crippen molar-refractivity contribution in [1.82, 2.24) is 10.2 Å². The molecule has 2 N–H and O–H groups in total. The fraction of sp³-hybridized carbons (Fsp3) is 0.588. The van der Waals surface area contributed by atoms with E-state index in [9.17, 15) is 14.3 Å². The van der Waals surface area contributed by atoms with Crippen molar-refractivity contribution in [3.05, 3.63) is 29.6 Å². The van der Waals surface area contributed by atoms with Crippen LogP contribution in [0, 0.1) is 5.82 Å². The van der Waals surface area contributed by atoms with Gasteiger partial charge in [-0.2, -0.15) is 0 Å². The smallest absolute Gasteiger partial charge is 0.410 e. The van der Waals surface area contributed by atoms with E-state index in [1.807, 2.05) is 20.8 Å². The van der Waals surface area contributed by atoms with Crippen molar-refractivity contribution in [2.45, 2.75) is 51.8 Å². The predicted octanol–water partition coefficient (Wildman–Crippen LogP) is 3.02. The number of likely N-dealkylation sites (tertiary alicyclic amines) is 1. The molecule has 1 aliphatic heterocycles. The lowest BCUT2D eigenvalue weighted by Crippen LogP contribution is -2.46. The Labute approximate surface area is 136 Å². The third-order valence-corrected chi connectivity index (χ3v) is 3.80. The lowest BCUT2D eigenvalue weighted by Gasteiger charge is -2.33. The summed E-state index contributed by atoms with van der Waals surface area (Å²) in [6.07, 6.45) is 1.32. The lowest BCUT2D eigenvalue weighted by molar-refractivity contribution is 0.0198. The topological polar surface area (TPSA) is 61.8 Å². The van der Waals surface area contributed by atoms with E-state index >= 15 is 0 Å². The number of hydrogen-bond acceptors (Lipinski definition) is 4. The van der Waals surface area contributed by atoms with E-state index in [0.29, 0.717) is 25.2 Å². The summed E-state index contributed by atoms with van der Waals surface area (Å²) >= 11 is 0. The molecule has 0 unspecified atom stereocenters. The van der Waals surface area contributed by atoms with Crippen LogP contribution in [-0.4, -0.2) is 40.8 Å². The molecule has 1 aliphatic rings. The van der Waals surface area contributed by atoms with Crippen LogP contribution < -0.4 is 5.32 Å². The van der Waals surface area contributed by atoms with Gasteiger partial charge >= 0.3 is 6.09 Å². The van der Waals surface area contributed by atoms with E-state index in [1.54, 1.807) is 17.0 Å². The molecule has 1 aromatic carbocycles. The minimum absolute atomic E-state index is 0.233. The number of phenols is 1. The molecular weight excluding hydrogens is 299 g/mol. The molecule has 23 heavy (non-hydrogen) atoms. The minimum Gasteiger partial charge on any atom is -0.505 e. The number of halogens is 1. The van der Waals surface area contributed by atoms with Gasteiger partial charge in [0.2, 0.25) is 0 Å². The molecule has 5 nitrogen and oxygen atoms in total. The van der Waals surface area contributed by atoms with Gasteiger partial charge in [0.25, 0.3) is 0 Å². The van der Waals surface area contributed by atoms with Gasteiger partial charge in [-0.05, 0) is 39.7 Å². The van der Waals surface area contributed by atoms with Crippen LogP contribution in [0.3, 0.4) is 0 Å². The van der Waals surface area contributed by atoms with E-state index in [0.717, 1.165) is 12.8 Å². The summed E-state index contributed by atoms with van der Waals surface area (Å²) in [5.74, 6) is -0.907. The molecule has 1 fully saturated rings. The summed E-state index contributed by atoms with van der Waals surface area (Å²) in [5.41, 5.74) is 0.0562. The van der Waals surface area contributed by atoms with Crippen LogP contribution >= 0.6 is 0 Å². The quantitative estimate of drug-likeness (QED) is 0.897. The fourth-order valence-corrected chi connectivity index (χ4v) is 2.55. The highest BCUT2D eigenvalue weighted by molar-refractivity contribution is 5.68. The van der Waals surface area contributed by atoms with E-state index in [1.165, 1.54) is 6.07 Å². The molecule has 128 valence electrons. The summed E-state index contributed by atoms with van der Waals surface area (Å²) in [6, 6.07) is 4.74. The number of carbonyl (C=O) groups excluding carboxylic acids is 1. The van der Waals surface area contributed by atoms with E-state index in [4.69, 9.17) is 4.74 Å². The number of carbonyl (C=O) groups is 1. The number of benzene rings is 1. The number of ether oxygens (including phenoxy) is 1. The molecule has 0 radical (unpaired) electrons. The normalized spacial score (nSPS) is 16.4. The first-order valence-corrected chi connectivity index (χ1v) is 7.94. The number of piperidine rings is 1. The largest absolute Gasteiger partial charge is 0.505 e. The van der Waals surface area contributed by atoms with Crippen molar-refractivity contribution in [3.8, 4) is 5.75 Å². The van der Waals surface area contributed by atoms with Gasteiger partial charge in [0.05, 0.1) is 0 Å². The Kier molecular flexibility index (Phi) is 5.46. The predicted molar refractivity (Wildman–Crippen MR) is 85.7 cm³/mol. The van der Waals surface area contributed by atoms with Gasteiger partial charge in [0.15, 0.2) is 11.6 Å². The SMILES string of the molecule is CC(C)(C)OC(=O)N1CCC(NCc2cccc(F)c2O)CC1. The molecule has 1 amide bonds. The first-order valence-electron chi connectivity index (χ1n) is 7.94. The number of nitrogens with zero attached hydrogens (tertiary/aromatic N) is 1. The number of para-hydroxylation sites is 1. The fourth-order valence-electron chi connectivity index (χ4n) is 2.55. The van der Waals surface area contributed by atoms with Crippen molar-refractivity contribution in [2.24, 2.45) is 0 Å². The first-order chi connectivity index (χ1) is 10.8. The summed E-state index contributed by atoms with van der Waals surface area (Å²) in [6.45, 7) is 7.21. The molecule has 0 atom stereocenters. The maximum absolute atomic E-state index is 13.3. The van der Waals surface area contributed by atoms with Crippen LogP contribution in [0.4, 0.5) is 9.18 Å². The van der Waals surface area contributed by atoms with Gasteiger partial charge in [0.1, 0.15) is 5.60 Å². The average molecular weight is 324 g/mol. The van der Waals surface area contributed by atoms with Gasteiger partial charge in [-0.3, -0.25) is 0 Å². The zero-order valence-corrected chi connectivity index (χ0v) is 13.9. The first kappa shape index (κ1) is 17.5. The second-order valence-corrected chi connectivity index (χ2v) is 6.87. The third kappa shape index (κ3) is 5.10. The standard InChI is InChI=1S/C17H25FN2O3/c1-17(2,3)23-16(22)20-9-7-13(8-10-20)19-11-12-5-4-6-14(18)15(12)21/h4-6,13,19,21H,7-11H2,1-3H3. The summed E-state index contributed by atoms with van der Waals surface area (Å²) in [4.78, 5) is 13.7. The van der Waals surface area contributed by atoms with Crippen LogP contribution in [0.1, 0.15) is 39.2 Å². The number of phenolic OH excluding ortho intramolecular Hbond substituents is 1. The van der Waals surface area contributed by atoms with Gasteiger partial charge in [-0.1, -0.05) is 12.1 Å². The molecule has 0 saturated carbocycles. The Morgan fingerprint density at radius 3 is 2.65 bits per heavy atom. The van der Waals surface area contributed by atoms with Crippen LogP contribution in [0.5, 0.6) is 5.75 Å². The average Bonchev–Trinajstić information content (AvgIpc) is 2.47. The summed E-state index contributed by atoms with van der Waals surface area (Å²) in [5, 5.41) is 13.0. The Hall–Kier alpha value is -1.82. The van der Waals surface area contributed by atoms with Gasteiger partial charge in [-0.25, -0.2) is 9.18 Å². The monoisotopic (exact) mass is 324 g/mol. The van der Waals surface area contributed by atoms with Crippen molar-refractivity contribution in [2.75, 3.05) is 13.1 Å². The summed E-state index contributed by atoms with van der Waals surface area (Å²) in [7, 11) is 0. The van der Waals surface area contributed by atoms with Crippen LogP contribution in [0.2, 0.25) is 0 Å². The Balaban J connectivity index is 1.79. The number of rotatable bonds is 3. The molecule has 0 aromatic heterocycles. The van der Waals surface area contributed by atoms with Gasteiger partial charge in [0, 0.05) is 31.2 Å². The van der Waals surface area contributed by atoms with Crippen molar-refractivity contribution in [1.29, 1.82) is 0 Å². The van der Waals surface area contributed by atoms with Crippen LogP contribution in [0.25, 0.3) is 0 Å². The Bertz CT molecular complexity index is 549. The number of aromatic hydroxyl groups is 1. The molecule has 2 rings (SSSR count). The zero-order chi connectivity index (χ0) is 17.0.